The van der Waals surface area contributed by atoms with Crippen molar-refractivity contribution in [2.24, 2.45) is 0 Å². The van der Waals surface area contributed by atoms with Gasteiger partial charge in [0.2, 0.25) is 5.36 Å². The molecule has 4 heteroatoms. The highest BCUT2D eigenvalue weighted by Crippen LogP contribution is 2.40. The van der Waals surface area contributed by atoms with Crippen molar-refractivity contribution >= 4 is 16.7 Å². The van der Waals surface area contributed by atoms with Crippen molar-refractivity contribution in [3.63, 3.8) is 0 Å². The van der Waals surface area contributed by atoms with Crippen LogP contribution in [0.2, 0.25) is 0 Å². The Kier molecular flexibility index (Phi) is 6.10. The lowest BCUT2D eigenvalue weighted by atomic mass is 9.93. The maximum Gasteiger partial charge on any atom is 0.203 e. The summed E-state index contributed by atoms with van der Waals surface area (Å²) < 4.78 is 8.79. The molecule has 2 N–H and O–H groups in total. The van der Waals surface area contributed by atoms with Crippen molar-refractivity contribution in [1.29, 1.82) is 0 Å². The molecular formula is C27H32N3O+. The maximum atomic E-state index is 6.38. The number of fused-ring (bicyclic) bond motifs is 2. The lowest BCUT2D eigenvalue weighted by Gasteiger charge is -2.15. The van der Waals surface area contributed by atoms with Gasteiger partial charge in [-0.2, -0.15) is 0 Å². The van der Waals surface area contributed by atoms with Crippen LogP contribution in [0.15, 0.2) is 65.1 Å². The molecule has 0 saturated carbocycles. The molecule has 0 saturated heterocycles. The van der Waals surface area contributed by atoms with Crippen LogP contribution in [-0.4, -0.2) is 38.6 Å². The van der Waals surface area contributed by atoms with Gasteiger partial charge in [-0.3, -0.25) is 0 Å². The molecule has 0 amide bonds. The second-order valence-corrected chi connectivity index (χ2v) is 8.52. The van der Waals surface area contributed by atoms with Crippen LogP contribution in [0.3, 0.4) is 0 Å². The van der Waals surface area contributed by atoms with Gasteiger partial charge >= 0.3 is 0 Å². The largest absolute Gasteiger partial charge is 0.456 e. The Morgan fingerprint density at radius 2 is 1.74 bits per heavy atom. The average molecular weight is 415 g/mol. The summed E-state index contributed by atoms with van der Waals surface area (Å²) in [6, 6.07) is 21.2. The summed E-state index contributed by atoms with van der Waals surface area (Å²) in [6.45, 7) is 7.38. The number of rotatable bonds is 6. The summed E-state index contributed by atoms with van der Waals surface area (Å²) in [6.07, 6.45) is 1.12. The van der Waals surface area contributed by atoms with Crippen LogP contribution in [0.1, 0.15) is 18.9 Å². The van der Waals surface area contributed by atoms with E-state index in [4.69, 9.17) is 10.2 Å². The van der Waals surface area contributed by atoms with E-state index in [-0.39, 0.29) is 0 Å². The summed E-state index contributed by atoms with van der Waals surface area (Å²) in [5.41, 5.74) is 12.4. The van der Waals surface area contributed by atoms with Gasteiger partial charge in [-0.25, -0.2) is 4.58 Å². The molecule has 4 rings (SSSR count). The van der Waals surface area contributed by atoms with Gasteiger partial charge in [0, 0.05) is 47.3 Å². The minimum Gasteiger partial charge on any atom is -0.456 e. The Morgan fingerprint density at radius 1 is 0.968 bits per heavy atom. The minimum atomic E-state index is 0.709. The summed E-state index contributed by atoms with van der Waals surface area (Å²) >= 11 is 0. The van der Waals surface area contributed by atoms with E-state index >= 15 is 0 Å². The molecular weight excluding hydrogens is 382 g/mol. The zero-order chi connectivity index (χ0) is 22.0. The van der Waals surface area contributed by atoms with Crippen LogP contribution in [0.4, 0.5) is 5.69 Å². The first-order chi connectivity index (χ1) is 15.0. The predicted octanol–water partition coefficient (Wildman–Crippen LogP) is 4.84. The molecule has 0 aromatic heterocycles. The van der Waals surface area contributed by atoms with Crippen molar-refractivity contribution in [1.82, 2.24) is 9.48 Å². The number of benzene rings is 3. The SMILES string of the molecule is CC[N+](CCCN(C)C)=c1ccc2c(-c3ccc(C)cc3)c3ccc(N)cc3oc-2c1. The second-order valence-electron chi connectivity index (χ2n) is 8.52. The van der Waals surface area contributed by atoms with Crippen molar-refractivity contribution in [3.8, 4) is 22.5 Å². The van der Waals surface area contributed by atoms with Gasteiger partial charge in [-0.05, 0) is 51.7 Å². The number of hydrogen-bond acceptors (Lipinski definition) is 3. The average Bonchev–Trinajstić information content (AvgIpc) is 2.75. The Balaban J connectivity index is 1.93. The fourth-order valence-electron chi connectivity index (χ4n) is 4.17. The number of aryl methyl sites for hydroxylation is 1. The minimum absolute atomic E-state index is 0.709. The molecule has 1 aliphatic carbocycles. The molecule has 2 aliphatic rings. The van der Waals surface area contributed by atoms with Crippen molar-refractivity contribution in [2.75, 3.05) is 39.5 Å². The van der Waals surface area contributed by atoms with Crippen molar-refractivity contribution in [3.05, 3.63) is 71.6 Å². The van der Waals surface area contributed by atoms with E-state index < -0.39 is 0 Å². The molecule has 0 atom stereocenters. The van der Waals surface area contributed by atoms with Crippen LogP contribution < -0.4 is 15.7 Å². The van der Waals surface area contributed by atoms with Crippen LogP contribution in [0, 0.1) is 6.92 Å². The summed E-state index contributed by atoms with van der Waals surface area (Å²) in [5.74, 6) is 0.886. The van der Waals surface area contributed by atoms with Gasteiger partial charge in [0.15, 0.2) is 0 Å². The van der Waals surface area contributed by atoms with E-state index in [0.29, 0.717) is 5.69 Å². The van der Waals surface area contributed by atoms with Crippen LogP contribution >= 0.6 is 0 Å². The molecule has 160 valence electrons. The first-order valence-corrected chi connectivity index (χ1v) is 11.0. The van der Waals surface area contributed by atoms with E-state index in [9.17, 15) is 0 Å². The third kappa shape index (κ3) is 4.49. The zero-order valence-electron chi connectivity index (χ0n) is 19.0. The van der Waals surface area contributed by atoms with E-state index in [1.54, 1.807) is 0 Å². The number of nitrogen functional groups attached to an aromatic ring is 1. The summed E-state index contributed by atoms with van der Waals surface area (Å²) in [7, 11) is 4.24. The quantitative estimate of drug-likeness (QED) is 0.279. The Labute approximate surface area is 184 Å². The topological polar surface area (TPSA) is 45.4 Å². The monoisotopic (exact) mass is 414 g/mol. The zero-order valence-corrected chi connectivity index (χ0v) is 19.0. The first kappa shape index (κ1) is 21.1. The number of nitrogens with two attached hydrogens (primary N) is 1. The van der Waals surface area contributed by atoms with Gasteiger partial charge in [-0.1, -0.05) is 29.8 Å². The molecule has 1 aliphatic heterocycles. The smallest absolute Gasteiger partial charge is 0.203 e. The van der Waals surface area contributed by atoms with E-state index in [1.807, 2.05) is 12.1 Å². The highest BCUT2D eigenvalue weighted by molar-refractivity contribution is 6.02. The summed E-state index contributed by atoms with van der Waals surface area (Å²) in [5, 5.41) is 2.27. The van der Waals surface area contributed by atoms with Crippen LogP contribution in [0.5, 0.6) is 0 Å². The molecule has 0 radical (unpaired) electrons. The Bertz CT molecular complexity index is 1240. The standard InChI is InChI=1S/C27H31N3O/c1-5-30(16-6-15-29(3)4)22-12-14-24-26(18-22)31-25-17-21(28)11-13-23(25)27(24)20-9-7-19(2)8-10-20/h7-14,17-18,28H,5-6,15-16H2,1-4H3/p+1. The first-order valence-electron chi connectivity index (χ1n) is 11.0. The number of hydrogen-bond donors (Lipinski definition) is 1. The molecule has 2 aromatic rings. The van der Waals surface area contributed by atoms with Crippen molar-refractivity contribution in [2.45, 2.75) is 20.3 Å². The van der Waals surface area contributed by atoms with E-state index in [0.717, 1.165) is 48.3 Å². The Morgan fingerprint density at radius 3 is 2.45 bits per heavy atom. The number of anilines is 1. The lowest BCUT2D eigenvalue weighted by molar-refractivity contribution is 0.387. The highest BCUT2D eigenvalue weighted by atomic mass is 16.3. The third-order valence-electron chi connectivity index (χ3n) is 5.85. The summed E-state index contributed by atoms with van der Waals surface area (Å²) in [4.78, 5) is 2.23. The maximum absolute atomic E-state index is 6.38. The van der Waals surface area contributed by atoms with Crippen LogP contribution in [-0.2, 0) is 0 Å². The van der Waals surface area contributed by atoms with E-state index in [2.05, 4.69) is 85.9 Å². The van der Waals surface area contributed by atoms with Crippen LogP contribution in [0.25, 0.3) is 33.4 Å². The van der Waals surface area contributed by atoms with E-state index in [1.165, 1.54) is 22.0 Å². The molecule has 0 unspecified atom stereocenters. The molecule has 0 bridgehead atoms. The van der Waals surface area contributed by atoms with Crippen molar-refractivity contribution < 1.29 is 4.42 Å². The normalized spacial score (nSPS) is 12.7. The van der Waals surface area contributed by atoms with Gasteiger partial charge < -0.3 is 15.1 Å². The predicted molar refractivity (Wildman–Crippen MR) is 131 cm³/mol. The molecule has 4 nitrogen and oxygen atoms in total. The van der Waals surface area contributed by atoms with Gasteiger partial charge in [0.1, 0.15) is 24.4 Å². The van der Waals surface area contributed by atoms with Gasteiger partial charge in [0.05, 0.1) is 6.07 Å². The fraction of sp³-hybridized carbons (Fsp3) is 0.296. The second kappa shape index (κ2) is 8.94. The molecule has 1 heterocycles. The lowest BCUT2D eigenvalue weighted by Crippen LogP contribution is -2.32. The number of nitrogens with zero attached hydrogens (tertiary/aromatic N) is 2. The third-order valence-corrected chi connectivity index (χ3v) is 5.85. The van der Waals surface area contributed by atoms with Gasteiger partial charge in [0.25, 0.3) is 0 Å². The molecule has 0 spiro atoms. The molecule has 2 aromatic carbocycles. The fourth-order valence-corrected chi connectivity index (χ4v) is 4.17. The highest BCUT2D eigenvalue weighted by Gasteiger charge is 2.18. The Hall–Kier alpha value is -3.11. The molecule has 0 fully saturated rings. The van der Waals surface area contributed by atoms with Gasteiger partial charge in [-0.15, -0.1) is 0 Å². The molecule has 31 heavy (non-hydrogen) atoms.